The molecule has 0 saturated carbocycles. The van der Waals surface area contributed by atoms with Crippen LogP contribution in [0.2, 0.25) is 0 Å². The number of benzene rings is 1. The number of phenolic OH excluding ortho intramolecular Hbond substituents is 1. The van der Waals surface area contributed by atoms with Crippen molar-refractivity contribution in [2.45, 2.75) is 236 Å². The van der Waals surface area contributed by atoms with Crippen LogP contribution in [-0.4, -0.2) is 278 Å². The molecule has 30 N–H and O–H groups in total. The normalized spacial score (nSPS) is 15.9. The highest BCUT2D eigenvalue weighted by molar-refractivity contribution is 7.80. The maximum absolute atomic E-state index is 14.4. The Morgan fingerprint density at radius 1 is 0.500 bits per heavy atom. The molecule has 120 heavy (non-hydrogen) atoms. The molecule has 14 amide bonds. The van der Waals surface area contributed by atoms with Gasteiger partial charge in [0.15, 0.2) is 11.9 Å². The van der Waals surface area contributed by atoms with E-state index in [1.807, 2.05) is 0 Å². The Labute approximate surface area is 706 Å². The van der Waals surface area contributed by atoms with Gasteiger partial charge in [-0.05, 0) is 119 Å². The van der Waals surface area contributed by atoms with Crippen molar-refractivity contribution < 1.29 is 107 Å². The van der Waals surface area contributed by atoms with Crippen LogP contribution in [0.1, 0.15) is 151 Å². The fourth-order valence-electron chi connectivity index (χ4n) is 12.2. The molecule has 1 aliphatic rings. The van der Waals surface area contributed by atoms with Crippen molar-refractivity contribution in [3.05, 3.63) is 29.8 Å². The van der Waals surface area contributed by atoms with Gasteiger partial charge in [0.05, 0.1) is 32.0 Å². The minimum atomic E-state index is -2.09. The van der Waals surface area contributed by atoms with E-state index in [2.05, 4.69) is 104 Å². The second-order valence-electron chi connectivity index (χ2n) is 30.2. The van der Waals surface area contributed by atoms with Gasteiger partial charge in [-0.2, -0.15) is 25.3 Å². The zero-order chi connectivity index (χ0) is 90.8. The topological polar surface area (TPSA) is 732 Å². The number of aliphatic imine (C=N–C) groups is 2. The molecule has 0 spiro atoms. The van der Waals surface area contributed by atoms with E-state index in [-0.39, 0.29) is 107 Å². The van der Waals surface area contributed by atoms with Crippen molar-refractivity contribution >= 4 is 138 Å². The summed E-state index contributed by atoms with van der Waals surface area (Å²) >= 11 is 8.42. The van der Waals surface area contributed by atoms with Gasteiger partial charge in [-0.15, -0.1) is 0 Å². The molecule has 2 rings (SSSR count). The summed E-state index contributed by atoms with van der Waals surface area (Å²) in [6.45, 7) is 11.4. The Kier molecular flexibility index (Phi) is 47.6. The molecule has 0 bridgehead atoms. The summed E-state index contributed by atoms with van der Waals surface area (Å²) in [5, 5.41) is 81.9. The molecule has 0 aromatic heterocycles. The number of phenols is 1. The number of hydrogen-bond donors (Lipinski definition) is 26. The van der Waals surface area contributed by atoms with E-state index < -0.39 is 241 Å². The Hall–Kier alpha value is -10.9. The molecular weight excluding hydrogens is 1610 g/mol. The average Bonchev–Trinajstić information content (AvgIpc) is 1.78. The fraction of sp³-hybridized carbons (Fsp3) is 0.662. The van der Waals surface area contributed by atoms with Crippen LogP contribution < -0.4 is 104 Å². The highest BCUT2D eigenvalue weighted by Crippen LogP contribution is 2.21. The first-order chi connectivity index (χ1) is 56.4. The summed E-state index contributed by atoms with van der Waals surface area (Å²) in [6, 6.07) is -16.3. The smallest absolute Gasteiger partial charge is 0.326 e. The summed E-state index contributed by atoms with van der Waals surface area (Å²) in [4.78, 5) is 241. The number of aliphatic hydroxyl groups is 1. The summed E-state index contributed by atoms with van der Waals surface area (Å²) in [6.07, 6.45) is -1.07. The number of hydrogen-bond acceptors (Lipinski definition) is 25. The minimum Gasteiger partial charge on any atom is -0.508 e. The summed E-state index contributed by atoms with van der Waals surface area (Å²) in [5.41, 5.74) is 33.9. The standard InChI is InChI=1S/C74H124N22O22S2/c1-9-39(8)58(72(117)118)95-68(113)52(35-120)92-60(105)44(16-10-11-23-75)85-64(109)48(30-55(100)101)88-62(107)46(28-37(4)5)86-61(106)45(27-36(2)3)87-65(110)49(31-56(102)103)89-66(111)50(33-97)91-63(108)47(29-40-19-21-41(98)22-20-40)90-70(115)57(38(6)7)94-54(99)32-83-59(104)43(17-13-25-82-74(79)80)84-67(112)51(34-119)93-69(114)53-18-14-26-96(53)71(116)42(76)15-12-24-81-73(77)78/h19-22,36-39,42-53,57-58,97-98,119-120H,9-18,23-35,75-76H2,1-8H3,(H,83,104)(H,84,112)(H,85,109)(H,86,106)(H,87,110)(H,88,107)(H,89,111)(H,90,115)(H,91,108)(H,92,105)(H,93,114)(H,94,99)(H,95,113)(H,100,101)(H,102,103)(H,117,118)(H4,77,78,81)(H4,79,80,82)/t39-,42-,43-,44-,45-,46-,47-,48-,49-,50-,51-,52-,53-,57-,58-/m0/s1. The van der Waals surface area contributed by atoms with Gasteiger partial charge in [0, 0.05) is 37.6 Å². The Morgan fingerprint density at radius 3 is 1.38 bits per heavy atom. The number of rotatable bonds is 56. The number of carbonyl (C=O) groups excluding carboxylic acids is 14. The van der Waals surface area contributed by atoms with Crippen LogP contribution >= 0.6 is 25.3 Å². The molecule has 1 aromatic rings. The third kappa shape index (κ3) is 38.5. The molecule has 1 aliphatic heterocycles. The van der Waals surface area contributed by atoms with Crippen molar-refractivity contribution in [2.75, 3.05) is 50.8 Å². The maximum Gasteiger partial charge on any atom is 0.326 e. The van der Waals surface area contributed by atoms with E-state index in [0.29, 0.717) is 31.2 Å². The summed E-state index contributed by atoms with van der Waals surface area (Å²) in [7, 11) is 0. The van der Waals surface area contributed by atoms with E-state index in [9.17, 15) is 107 Å². The summed E-state index contributed by atoms with van der Waals surface area (Å²) in [5.74, 6) is -22.2. The number of nitrogens with zero attached hydrogens (tertiary/aromatic N) is 3. The average molecular weight is 1740 g/mol. The summed E-state index contributed by atoms with van der Waals surface area (Å²) < 4.78 is 0. The number of aromatic hydroxyl groups is 1. The lowest BCUT2D eigenvalue weighted by Crippen LogP contribution is -2.61. The molecule has 1 saturated heterocycles. The van der Waals surface area contributed by atoms with Crippen molar-refractivity contribution in [3.63, 3.8) is 0 Å². The van der Waals surface area contributed by atoms with Gasteiger partial charge in [0.1, 0.15) is 84.3 Å². The third-order valence-corrected chi connectivity index (χ3v) is 19.6. The predicted molar refractivity (Wildman–Crippen MR) is 444 cm³/mol. The number of nitrogens with one attached hydrogen (secondary N) is 13. The lowest BCUT2D eigenvalue weighted by atomic mass is 9.99. The van der Waals surface area contributed by atoms with Gasteiger partial charge in [-0.25, -0.2) is 4.79 Å². The van der Waals surface area contributed by atoms with Gasteiger partial charge in [-0.3, -0.25) is 86.7 Å². The third-order valence-electron chi connectivity index (χ3n) is 18.9. The quantitative estimate of drug-likeness (QED) is 0.0125. The van der Waals surface area contributed by atoms with E-state index in [1.54, 1.807) is 41.5 Å². The molecule has 0 unspecified atom stereocenters. The van der Waals surface area contributed by atoms with E-state index in [0.717, 1.165) is 0 Å². The van der Waals surface area contributed by atoms with E-state index >= 15 is 0 Å². The molecule has 1 aromatic carbocycles. The lowest BCUT2D eigenvalue weighted by Gasteiger charge is -2.29. The van der Waals surface area contributed by atoms with Crippen LogP contribution in [0.5, 0.6) is 5.75 Å². The number of aliphatic hydroxyl groups excluding tert-OH is 1. The number of guanidine groups is 2. The van der Waals surface area contributed by atoms with Crippen molar-refractivity contribution in [3.8, 4) is 5.75 Å². The minimum absolute atomic E-state index is 0.0121. The number of carboxylic acid groups (broad SMARTS) is 3. The fourth-order valence-corrected chi connectivity index (χ4v) is 12.7. The number of thiol groups is 2. The van der Waals surface area contributed by atoms with Crippen LogP contribution in [0.15, 0.2) is 34.3 Å². The van der Waals surface area contributed by atoms with Crippen LogP contribution in [0.3, 0.4) is 0 Å². The SMILES string of the molecule is CC[C@H](C)[C@H](NC(=O)[C@H](CS)NC(=O)[C@H](CCCCN)NC(=O)[C@H](CC(=O)O)NC(=O)[C@H](CC(C)C)NC(=O)[C@H](CC(C)C)NC(=O)[C@H](CC(=O)O)NC(=O)[C@H](CO)NC(=O)[C@H](Cc1ccc(O)cc1)NC(=O)[C@@H](NC(=O)CNC(=O)[C@H](CCCN=C(N)N)NC(=O)[C@H](CS)NC(=O)[C@@H]1CCCN1C(=O)[C@@H](N)CCCN=C(N)N)C(C)C)C(=O)O. The van der Waals surface area contributed by atoms with Crippen LogP contribution in [-0.2, 0) is 87.9 Å². The number of nitrogens with two attached hydrogens (primary N) is 6. The van der Waals surface area contributed by atoms with Crippen LogP contribution in [0.4, 0.5) is 0 Å². The Balaban J connectivity index is 2.42. The van der Waals surface area contributed by atoms with Crippen molar-refractivity contribution in [1.29, 1.82) is 0 Å². The molecule has 1 heterocycles. The molecular formula is C74H124N22O22S2. The van der Waals surface area contributed by atoms with Gasteiger partial charge in [0.25, 0.3) is 0 Å². The Morgan fingerprint density at radius 2 is 0.917 bits per heavy atom. The maximum atomic E-state index is 14.4. The van der Waals surface area contributed by atoms with Gasteiger partial charge < -0.3 is 134 Å². The lowest BCUT2D eigenvalue weighted by molar-refractivity contribution is -0.144. The van der Waals surface area contributed by atoms with Crippen LogP contribution in [0, 0.1) is 23.7 Å². The van der Waals surface area contributed by atoms with Crippen LogP contribution in [0.25, 0.3) is 0 Å². The second kappa shape index (κ2) is 54.3. The number of amides is 14. The molecule has 15 atom stereocenters. The molecule has 0 aliphatic carbocycles. The predicted octanol–water partition coefficient (Wildman–Crippen LogP) is -6.90. The highest BCUT2D eigenvalue weighted by atomic mass is 32.1. The number of aliphatic carboxylic acids is 3. The molecule has 44 nitrogen and oxygen atoms in total. The molecule has 46 heteroatoms. The van der Waals surface area contributed by atoms with Crippen molar-refractivity contribution in [1.82, 2.24) is 74.0 Å². The number of likely N-dealkylation sites (tertiary alicyclic amines) is 1. The van der Waals surface area contributed by atoms with Crippen molar-refractivity contribution in [2.24, 2.45) is 68.1 Å². The van der Waals surface area contributed by atoms with Gasteiger partial charge >= 0.3 is 17.9 Å². The first kappa shape index (κ1) is 105. The first-order valence-corrected chi connectivity index (χ1v) is 40.7. The monoisotopic (exact) mass is 1740 g/mol. The van der Waals surface area contributed by atoms with E-state index in [1.165, 1.54) is 43.0 Å². The largest absolute Gasteiger partial charge is 0.508 e. The zero-order valence-corrected chi connectivity index (χ0v) is 70.6. The zero-order valence-electron chi connectivity index (χ0n) is 68.8. The van der Waals surface area contributed by atoms with Gasteiger partial charge in [-0.1, -0.05) is 73.9 Å². The number of unbranched alkanes of at least 4 members (excludes halogenated alkanes) is 1. The second-order valence-corrected chi connectivity index (χ2v) is 30.9. The molecule has 0 radical (unpaired) electrons. The number of carbonyl (C=O) groups is 17. The first-order valence-electron chi connectivity index (χ1n) is 39.5. The van der Waals surface area contributed by atoms with E-state index in [4.69, 9.17) is 34.4 Å². The Bertz CT molecular complexity index is 3700. The number of carboxylic acids is 3. The molecule has 674 valence electrons. The van der Waals surface area contributed by atoms with Gasteiger partial charge in [0.2, 0.25) is 82.7 Å². The molecule has 1 fully saturated rings. The highest BCUT2D eigenvalue weighted by Gasteiger charge is 2.41.